The molecule has 0 spiro atoms. The van der Waals surface area contributed by atoms with E-state index in [-0.39, 0.29) is 5.78 Å². The molecule has 2 N–H and O–H groups in total. The summed E-state index contributed by atoms with van der Waals surface area (Å²) in [6, 6.07) is 18.1. The molecular formula is C25H30O3. The first-order chi connectivity index (χ1) is 13.0. The molecule has 3 nitrogen and oxygen atoms in total. The predicted octanol–water partition coefficient (Wildman–Crippen LogP) is 4.35. The summed E-state index contributed by atoms with van der Waals surface area (Å²) in [7, 11) is 0. The van der Waals surface area contributed by atoms with E-state index in [1.807, 2.05) is 36.4 Å². The Balaban J connectivity index is 2.94. The molecule has 0 fully saturated rings. The molecule has 2 unspecified atom stereocenters. The predicted molar refractivity (Wildman–Crippen MR) is 114 cm³/mol. The minimum Gasteiger partial charge on any atom is -0.389 e. The Bertz CT molecular complexity index is 769. The van der Waals surface area contributed by atoms with Crippen LogP contribution in [0.4, 0.5) is 0 Å². The Morgan fingerprint density at radius 3 is 1.21 bits per heavy atom. The summed E-state index contributed by atoms with van der Waals surface area (Å²) in [6.45, 7) is 14.2. The average Bonchev–Trinajstić information content (AvgIpc) is 2.63. The Kier molecular flexibility index (Phi) is 5.84. The normalized spacial score (nSPS) is 16.5. The fourth-order valence-corrected chi connectivity index (χ4v) is 4.16. The highest BCUT2D eigenvalue weighted by Gasteiger charge is 2.60. The first kappa shape index (κ1) is 21.8. The lowest BCUT2D eigenvalue weighted by Crippen LogP contribution is -2.63. The van der Waals surface area contributed by atoms with Crippen LogP contribution >= 0.6 is 0 Å². The SMILES string of the molecule is C=CC(C(=O)C(C=C)(c1ccccc1)C(C)(C)O)(c1ccccc1)C(C)(C)O. The van der Waals surface area contributed by atoms with Crippen LogP contribution in [-0.4, -0.2) is 27.2 Å². The molecule has 2 atom stereocenters. The van der Waals surface area contributed by atoms with Gasteiger partial charge in [0, 0.05) is 0 Å². The number of aliphatic hydroxyl groups is 2. The quantitative estimate of drug-likeness (QED) is 0.672. The van der Waals surface area contributed by atoms with E-state index in [0.717, 1.165) is 0 Å². The van der Waals surface area contributed by atoms with Crippen molar-refractivity contribution in [2.75, 3.05) is 0 Å². The summed E-state index contributed by atoms with van der Waals surface area (Å²) in [5.41, 5.74) is -4.71. The van der Waals surface area contributed by atoms with Crippen molar-refractivity contribution in [3.05, 3.63) is 97.1 Å². The highest BCUT2D eigenvalue weighted by molar-refractivity contribution is 6.04. The molecule has 0 aromatic heterocycles. The van der Waals surface area contributed by atoms with Crippen molar-refractivity contribution in [3.63, 3.8) is 0 Å². The van der Waals surface area contributed by atoms with Crippen LogP contribution in [0.2, 0.25) is 0 Å². The van der Waals surface area contributed by atoms with E-state index in [4.69, 9.17) is 0 Å². The molecule has 2 rings (SSSR count). The minimum atomic E-state index is -1.48. The van der Waals surface area contributed by atoms with E-state index in [0.29, 0.717) is 11.1 Å². The standard InChI is InChI=1S/C25H30O3/c1-7-24(22(3,4)27,19-15-11-9-12-16-19)21(26)25(8-2,23(5,6)28)20-17-13-10-14-18-20/h7-18,27-28H,1-2H2,3-6H3. The van der Waals surface area contributed by atoms with Gasteiger partial charge in [-0.05, 0) is 38.8 Å². The number of ketones is 1. The number of benzene rings is 2. The summed E-state index contributed by atoms with van der Waals surface area (Å²) in [5.74, 6) is -0.387. The smallest absolute Gasteiger partial charge is 0.167 e. The molecule has 2 aromatic rings. The van der Waals surface area contributed by atoms with Gasteiger partial charge in [0.05, 0.1) is 11.2 Å². The van der Waals surface area contributed by atoms with Gasteiger partial charge in [-0.1, -0.05) is 72.8 Å². The first-order valence-corrected chi connectivity index (χ1v) is 9.37. The monoisotopic (exact) mass is 378 g/mol. The molecule has 0 saturated carbocycles. The van der Waals surface area contributed by atoms with Gasteiger partial charge in [0.2, 0.25) is 0 Å². The second-order valence-electron chi connectivity index (χ2n) is 8.20. The lowest BCUT2D eigenvalue weighted by Gasteiger charge is -2.49. The zero-order chi connectivity index (χ0) is 21.2. The van der Waals surface area contributed by atoms with Gasteiger partial charge in [0.15, 0.2) is 5.78 Å². The number of carbonyl (C=O) groups is 1. The molecule has 0 saturated heterocycles. The van der Waals surface area contributed by atoms with Crippen molar-refractivity contribution in [2.45, 2.75) is 49.7 Å². The van der Waals surface area contributed by atoms with E-state index in [1.165, 1.54) is 12.2 Å². The van der Waals surface area contributed by atoms with Crippen LogP contribution < -0.4 is 0 Å². The molecule has 0 aliphatic carbocycles. The van der Waals surface area contributed by atoms with Crippen LogP contribution in [-0.2, 0) is 15.6 Å². The lowest BCUT2D eigenvalue weighted by atomic mass is 9.54. The second-order valence-corrected chi connectivity index (χ2v) is 8.20. The second kappa shape index (κ2) is 7.50. The number of hydrogen-bond acceptors (Lipinski definition) is 3. The topological polar surface area (TPSA) is 57.5 Å². The van der Waals surface area contributed by atoms with Crippen molar-refractivity contribution in [1.82, 2.24) is 0 Å². The van der Waals surface area contributed by atoms with E-state index in [2.05, 4.69) is 13.2 Å². The summed E-state index contributed by atoms with van der Waals surface area (Å²) in [6.07, 6.45) is 2.97. The molecular weight excluding hydrogens is 348 g/mol. The third kappa shape index (κ3) is 3.15. The third-order valence-corrected chi connectivity index (χ3v) is 5.72. The van der Waals surface area contributed by atoms with Gasteiger partial charge >= 0.3 is 0 Å². The van der Waals surface area contributed by atoms with Gasteiger partial charge < -0.3 is 10.2 Å². The molecule has 3 heteroatoms. The van der Waals surface area contributed by atoms with Crippen molar-refractivity contribution in [3.8, 4) is 0 Å². The molecule has 0 heterocycles. The van der Waals surface area contributed by atoms with Crippen LogP contribution in [0.5, 0.6) is 0 Å². The van der Waals surface area contributed by atoms with E-state index in [1.54, 1.807) is 52.0 Å². The molecule has 0 aliphatic rings. The first-order valence-electron chi connectivity index (χ1n) is 9.37. The van der Waals surface area contributed by atoms with Gasteiger partial charge in [0.25, 0.3) is 0 Å². The minimum absolute atomic E-state index is 0.387. The maximum atomic E-state index is 14.4. The van der Waals surface area contributed by atoms with Crippen molar-refractivity contribution >= 4 is 5.78 Å². The van der Waals surface area contributed by atoms with E-state index in [9.17, 15) is 15.0 Å². The van der Waals surface area contributed by atoms with Gasteiger partial charge in [-0.15, -0.1) is 13.2 Å². The summed E-state index contributed by atoms with van der Waals surface area (Å²) in [5, 5.41) is 22.4. The molecule has 0 bridgehead atoms. The Morgan fingerprint density at radius 1 is 0.714 bits per heavy atom. The number of carbonyl (C=O) groups excluding carboxylic acids is 1. The molecule has 148 valence electrons. The van der Waals surface area contributed by atoms with Crippen molar-refractivity contribution in [1.29, 1.82) is 0 Å². The van der Waals surface area contributed by atoms with Crippen LogP contribution in [0.25, 0.3) is 0 Å². The highest BCUT2D eigenvalue weighted by atomic mass is 16.3. The Hall–Kier alpha value is -2.49. The average molecular weight is 379 g/mol. The van der Waals surface area contributed by atoms with Crippen LogP contribution in [0.3, 0.4) is 0 Å². The molecule has 0 radical (unpaired) electrons. The molecule has 0 aliphatic heterocycles. The zero-order valence-electron chi connectivity index (χ0n) is 17.1. The van der Waals surface area contributed by atoms with E-state index < -0.39 is 22.0 Å². The number of hydrogen-bond donors (Lipinski definition) is 2. The van der Waals surface area contributed by atoms with Gasteiger partial charge in [-0.25, -0.2) is 0 Å². The summed E-state index contributed by atoms with van der Waals surface area (Å²) in [4.78, 5) is 14.4. The number of rotatable bonds is 8. The van der Waals surface area contributed by atoms with Crippen LogP contribution in [0.15, 0.2) is 86.0 Å². The fourth-order valence-electron chi connectivity index (χ4n) is 4.16. The fraction of sp³-hybridized carbons (Fsp3) is 0.320. The maximum Gasteiger partial charge on any atom is 0.167 e. The largest absolute Gasteiger partial charge is 0.389 e. The summed E-state index contributed by atoms with van der Waals surface area (Å²) < 4.78 is 0. The third-order valence-electron chi connectivity index (χ3n) is 5.72. The summed E-state index contributed by atoms with van der Waals surface area (Å²) >= 11 is 0. The van der Waals surface area contributed by atoms with Gasteiger partial charge in [-0.3, -0.25) is 4.79 Å². The Morgan fingerprint density at radius 2 is 1.00 bits per heavy atom. The number of Topliss-reactive ketones (excluding diaryl/α,β-unsaturated/α-hetero) is 1. The molecule has 28 heavy (non-hydrogen) atoms. The van der Waals surface area contributed by atoms with Gasteiger partial charge in [0.1, 0.15) is 10.8 Å². The zero-order valence-corrected chi connectivity index (χ0v) is 17.1. The van der Waals surface area contributed by atoms with Crippen LogP contribution in [0, 0.1) is 0 Å². The van der Waals surface area contributed by atoms with E-state index >= 15 is 0 Å². The van der Waals surface area contributed by atoms with Crippen molar-refractivity contribution in [2.24, 2.45) is 0 Å². The van der Waals surface area contributed by atoms with Gasteiger partial charge in [-0.2, -0.15) is 0 Å². The molecule has 0 amide bonds. The maximum absolute atomic E-state index is 14.4. The Labute approximate surface area is 168 Å². The molecule has 2 aromatic carbocycles. The highest BCUT2D eigenvalue weighted by Crippen LogP contribution is 2.48. The van der Waals surface area contributed by atoms with Crippen molar-refractivity contribution < 1.29 is 15.0 Å². The van der Waals surface area contributed by atoms with Crippen LogP contribution in [0.1, 0.15) is 38.8 Å². The lowest BCUT2D eigenvalue weighted by molar-refractivity contribution is -0.142.